The van der Waals surface area contributed by atoms with Gasteiger partial charge in [-0.05, 0) is 44.9 Å². The molecule has 1 atom stereocenters. The van der Waals surface area contributed by atoms with Crippen molar-refractivity contribution < 1.29 is 0 Å². The van der Waals surface area contributed by atoms with Crippen molar-refractivity contribution in [3.8, 4) is 11.3 Å². The number of piperazine rings is 1. The van der Waals surface area contributed by atoms with Gasteiger partial charge in [-0.1, -0.05) is 38.7 Å². The topological polar surface area (TPSA) is 69.2 Å². The first-order valence-corrected chi connectivity index (χ1v) is 12.9. The van der Waals surface area contributed by atoms with Gasteiger partial charge in [-0.2, -0.15) is 4.98 Å². The molecule has 1 saturated heterocycles. The molecule has 180 valence electrons. The monoisotopic (exact) mass is 451 g/mol. The molecule has 4 rings (SSSR count). The molecule has 7 nitrogen and oxygen atoms in total. The van der Waals surface area contributed by atoms with Crippen molar-refractivity contribution in [3.05, 3.63) is 30.1 Å². The predicted octanol–water partition coefficient (Wildman–Crippen LogP) is 4.63. The highest BCUT2D eigenvalue weighted by Gasteiger charge is 2.19. The molecule has 2 aliphatic rings. The van der Waals surface area contributed by atoms with Gasteiger partial charge < -0.3 is 15.5 Å². The summed E-state index contributed by atoms with van der Waals surface area (Å²) in [5, 5.41) is 7.20. The SMILES string of the molecule is CCCC(C)Nc1ncc(-c2ccc(CN3CCN(C)CC3)cn2)c(NC2CCCCC2)n1. The fraction of sp³-hybridized carbons (Fsp3) is 0.654. The Hall–Kier alpha value is -2.25. The summed E-state index contributed by atoms with van der Waals surface area (Å²) in [7, 11) is 2.19. The zero-order valence-electron chi connectivity index (χ0n) is 20.7. The molecule has 2 aromatic rings. The minimum absolute atomic E-state index is 0.357. The van der Waals surface area contributed by atoms with Gasteiger partial charge in [0.2, 0.25) is 5.95 Å². The number of pyridine rings is 1. The minimum Gasteiger partial charge on any atom is -0.367 e. The minimum atomic E-state index is 0.357. The molecular formula is C26H41N7. The third-order valence-corrected chi connectivity index (χ3v) is 6.93. The van der Waals surface area contributed by atoms with Crippen molar-refractivity contribution in [3.63, 3.8) is 0 Å². The summed E-state index contributed by atoms with van der Waals surface area (Å²) in [6.45, 7) is 9.86. The molecular weight excluding hydrogens is 410 g/mol. The summed E-state index contributed by atoms with van der Waals surface area (Å²) >= 11 is 0. The van der Waals surface area contributed by atoms with Crippen LogP contribution in [0.15, 0.2) is 24.5 Å². The molecule has 2 fully saturated rings. The normalized spacial score (nSPS) is 19.4. The first-order chi connectivity index (χ1) is 16.1. The van der Waals surface area contributed by atoms with Crippen LogP contribution in [0.5, 0.6) is 0 Å². The molecule has 1 saturated carbocycles. The van der Waals surface area contributed by atoms with E-state index >= 15 is 0 Å². The van der Waals surface area contributed by atoms with Crippen LogP contribution in [0.3, 0.4) is 0 Å². The van der Waals surface area contributed by atoms with Crippen molar-refractivity contribution in [2.24, 2.45) is 0 Å². The number of anilines is 2. The van der Waals surface area contributed by atoms with Crippen LogP contribution in [0.1, 0.15) is 64.4 Å². The summed E-state index contributed by atoms with van der Waals surface area (Å²) < 4.78 is 0. The van der Waals surface area contributed by atoms with Gasteiger partial charge in [-0.3, -0.25) is 9.88 Å². The van der Waals surface area contributed by atoms with Crippen molar-refractivity contribution in [1.82, 2.24) is 24.8 Å². The Labute approximate surface area is 199 Å². The molecule has 3 heterocycles. The van der Waals surface area contributed by atoms with Crippen LogP contribution in [-0.2, 0) is 6.54 Å². The summed E-state index contributed by atoms with van der Waals surface area (Å²) in [6, 6.07) is 5.17. The molecule has 0 amide bonds. The molecule has 0 radical (unpaired) electrons. The zero-order chi connectivity index (χ0) is 23.0. The van der Waals surface area contributed by atoms with Crippen LogP contribution in [-0.4, -0.2) is 70.1 Å². The Balaban J connectivity index is 1.50. The number of nitrogens with one attached hydrogen (secondary N) is 2. The lowest BCUT2D eigenvalue weighted by Gasteiger charge is -2.32. The van der Waals surface area contributed by atoms with E-state index in [1.807, 2.05) is 12.4 Å². The van der Waals surface area contributed by atoms with Crippen molar-refractivity contribution in [1.29, 1.82) is 0 Å². The fourth-order valence-corrected chi connectivity index (χ4v) is 4.86. The van der Waals surface area contributed by atoms with E-state index in [1.165, 1.54) is 37.7 Å². The van der Waals surface area contributed by atoms with Crippen molar-refractivity contribution in [2.75, 3.05) is 43.9 Å². The van der Waals surface area contributed by atoms with Crippen LogP contribution in [0.25, 0.3) is 11.3 Å². The van der Waals surface area contributed by atoms with E-state index in [1.54, 1.807) is 0 Å². The average molecular weight is 452 g/mol. The third kappa shape index (κ3) is 6.87. The molecule has 1 aliphatic heterocycles. The second kappa shape index (κ2) is 11.7. The van der Waals surface area contributed by atoms with Crippen LogP contribution < -0.4 is 10.6 Å². The smallest absolute Gasteiger partial charge is 0.224 e. The number of likely N-dealkylation sites (N-methyl/N-ethyl adjacent to an activating group) is 1. The van der Waals surface area contributed by atoms with E-state index in [0.717, 1.165) is 62.6 Å². The number of nitrogens with zero attached hydrogens (tertiary/aromatic N) is 5. The Morgan fingerprint density at radius 2 is 1.82 bits per heavy atom. The summed E-state index contributed by atoms with van der Waals surface area (Å²) in [4.78, 5) is 19.3. The summed E-state index contributed by atoms with van der Waals surface area (Å²) in [6.07, 6.45) is 12.5. The van der Waals surface area contributed by atoms with E-state index in [2.05, 4.69) is 58.4 Å². The van der Waals surface area contributed by atoms with E-state index in [-0.39, 0.29) is 0 Å². The van der Waals surface area contributed by atoms with Gasteiger partial charge in [0.1, 0.15) is 5.82 Å². The average Bonchev–Trinajstić information content (AvgIpc) is 2.82. The van der Waals surface area contributed by atoms with E-state index in [0.29, 0.717) is 18.0 Å². The lowest BCUT2D eigenvalue weighted by molar-refractivity contribution is 0.148. The van der Waals surface area contributed by atoms with Crippen LogP contribution in [0, 0.1) is 0 Å². The number of hydrogen-bond acceptors (Lipinski definition) is 7. The Morgan fingerprint density at radius 1 is 1.03 bits per heavy atom. The number of hydrogen-bond donors (Lipinski definition) is 2. The van der Waals surface area contributed by atoms with E-state index in [9.17, 15) is 0 Å². The Kier molecular flexibility index (Phi) is 8.51. The maximum atomic E-state index is 4.90. The van der Waals surface area contributed by atoms with E-state index < -0.39 is 0 Å². The Morgan fingerprint density at radius 3 is 2.52 bits per heavy atom. The molecule has 2 N–H and O–H groups in total. The van der Waals surface area contributed by atoms with Gasteiger partial charge >= 0.3 is 0 Å². The van der Waals surface area contributed by atoms with Gasteiger partial charge in [0.25, 0.3) is 0 Å². The van der Waals surface area contributed by atoms with Crippen molar-refractivity contribution >= 4 is 11.8 Å². The standard InChI is InChI=1S/C26H41N7/c1-4-8-20(2)29-26-28-18-23(25(31-26)30-22-9-6-5-7-10-22)24-12-11-21(17-27-24)19-33-15-13-32(3)14-16-33/h11-12,17-18,20,22H,4-10,13-16,19H2,1-3H3,(H2,28,29,30,31). The molecule has 0 aromatic carbocycles. The van der Waals surface area contributed by atoms with Crippen LogP contribution >= 0.6 is 0 Å². The van der Waals surface area contributed by atoms with Gasteiger partial charge in [0, 0.05) is 57.2 Å². The number of rotatable bonds is 9. The quantitative estimate of drug-likeness (QED) is 0.576. The molecule has 7 heteroatoms. The first-order valence-electron chi connectivity index (χ1n) is 12.9. The highest BCUT2D eigenvalue weighted by atomic mass is 15.2. The Bertz CT molecular complexity index is 855. The van der Waals surface area contributed by atoms with Crippen molar-refractivity contribution in [2.45, 2.75) is 77.4 Å². The molecule has 0 spiro atoms. The van der Waals surface area contributed by atoms with Gasteiger partial charge in [0.05, 0.1) is 11.3 Å². The highest BCUT2D eigenvalue weighted by molar-refractivity contribution is 5.73. The lowest BCUT2D eigenvalue weighted by atomic mass is 9.95. The largest absolute Gasteiger partial charge is 0.367 e. The second-order valence-electron chi connectivity index (χ2n) is 9.90. The lowest BCUT2D eigenvalue weighted by Crippen LogP contribution is -2.43. The molecule has 2 aromatic heterocycles. The van der Waals surface area contributed by atoms with Gasteiger partial charge in [-0.25, -0.2) is 4.98 Å². The maximum absolute atomic E-state index is 4.90. The molecule has 1 unspecified atom stereocenters. The van der Waals surface area contributed by atoms with Crippen LogP contribution in [0.4, 0.5) is 11.8 Å². The maximum Gasteiger partial charge on any atom is 0.224 e. The second-order valence-corrected chi connectivity index (χ2v) is 9.90. The third-order valence-electron chi connectivity index (χ3n) is 6.93. The highest BCUT2D eigenvalue weighted by Crippen LogP contribution is 2.29. The first kappa shape index (κ1) is 23.9. The molecule has 33 heavy (non-hydrogen) atoms. The molecule has 0 bridgehead atoms. The zero-order valence-corrected chi connectivity index (χ0v) is 20.7. The summed E-state index contributed by atoms with van der Waals surface area (Å²) in [5.41, 5.74) is 3.18. The van der Waals surface area contributed by atoms with Crippen LogP contribution in [0.2, 0.25) is 0 Å². The predicted molar refractivity (Wildman–Crippen MR) is 137 cm³/mol. The summed E-state index contributed by atoms with van der Waals surface area (Å²) in [5.74, 6) is 1.60. The number of aromatic nitrogens is 3. The van der Waals surface area contributed by atoms with Gasteiger partial charge in [0.15, 0.2) is 0 Å². The van der Waals surface area contributed by atoms with Gasteiger partial charge in [-0.15, -0.1) is 0 Å². The fourth-order valence-electron chi connectivity index (χ4n) is 4.86. The van der Waals surface area contributed by atoms with E-state index in [4.69, 9.17) is 9.97 Å². The molecule has 1 aliphatic carbocycles.